The van der Waals surface area contributed by atoms with Crippen LogP contribution in [-0.2, 0) is 4.79 Å². The molecule has 0 spiro atoms. The maximum Gasteiger partial charge on any atom is 0.239 e. The highest BCUT2D eigenvalue weighted by atomic mass is 35.5. The Hall–Kier alpha value is -0.990. The molecule has 0 aliphatic carbocycles. The number of benzene rings is 1. The molecule has 0 unspecified atom stereocenters. The summed E-state index contributed by atoms with van der Waals surface area (Å²) in [5, 5.41) is 2.67. The third-order valence-electron chi connectivity index (χ3n) is 1.90. The van der Waals surface area contributed by atoms with E-state index < -0.39 is 0 Å². The highest BCUT2D eigenvalue weighted by molar-refractivity contribution is 6.29. The average Bonchev–Trinajstić information content (AvgIpc) is 2.31. The third-order valence-corrected chi connectivity index (χ3v) is 2.36. The monoisotopic (exact) mass is 257 g/mol. The molecule has 0 atom stereocenters. The molecule has 1 rings (SSSR count). The Morgan fingerprint density at radius 3 is 2.50 bits per heavy atom. The molecule has 2 nitrogen and oxygen atoms in total. The Morgan fingerprint density at radius 1 is 1.25 bits per heavy atom. The number of hydrogen-bond donors (Lipinski definition) is 1. The molecule has 1 aromatic rings. The number of allylic oxidation sites excluding steroid dienone is 1. The number of hydrogen-bond acceptors (Lipinski definition) is 1. The average molecular weight is 258 g/mol. The van der Waals surface area contributed by atoms with Crippen LogP contribution in [0.4, 0.5) is 5.69 Å². The van der Waals surface area contributed by atoms with Crippen molar-refractivity contribution in [2.75, 3.05) is 17.1 Å². The lowest BCUT2D eigenvalue weighted by atomic mass is 10.2. The number of carbonyl (C=O) groups is 1. The van der Waals surface area contributed by atoms with E-state index in [9.17, 15) is 4.79 Å². The molecule has 0 radical (unpaired) electrons. The quantitative estimate of drug-likeness (QED) is 0.804. The van der Waals surface area contributed by atoms with Crippen molar-refractivity contribution in [2.45, 2.75) is 6.42 Å². The van der Waals surface area contributed by atoms with Crippen molar-refractivity contribution in [1.82, 2.24) is 0 Å². The van der Waals surface area contributed by atoms with Crippen LogP contribution in [0.5, 0.6) is 0 Å². The molecule has 86 valence electrons. The number of nitrogens with one attached hydrogen (secondary N) is 1. The van der Waals surface area contributed by atoms with Gasteiger partial charge in [-0.25, -0.2) is 0 Å². The van der Waals surface area contributed by atoms with Gasteiger partial charge in [0.25, 0.3) is 0 Å². The van der Waals surface area contributed by atoms with Crippen molar-refractivity contribution in [2.24, 2.45) is 0 Å². The Kier molecular flexibility index (Phi) is 5.98. The number of halogens is 2. The molecule has 0 aliphatic heterocycles. The molecule has 16 heavy (non-hydrogen) atoms. The SMILES string of the molecule is O=C(CCl)Nc1ccc(C=CCCCl)cc1. The van der Waals surface area contributed by atoms with Gasteiger partial charge in [-0.05, 0) is 24.1 Å². The lowest BCUT2D eigenvalue weighted by Gasteiger charge is -2.02. The molecule has 1 aromatic carbocycles. The van der Waals surface area contributed by atoms with E-state index in [1.165, 1.54) is 0 Å². The standard InChI is InChI=1S/C12H13Cl2NO/c13-8-2-1-3-10-4-6-11(7-5-10)15-12(16)9-14/h1,3-7H,2,8-9H2,(H,15,16). The predicted octanol–water partition coefficient (Wildman–Crippen LogP) is 3.51. The van der Waals surface area contributed by atoms with Crippen molar-refractivity contribution in [1.29, 1.82) is 0 Å². The number of anilines is 1. The minimum Gasteiger partial charge on any atom is -0.325 e. The van der Waals surface area contributed by atoms with Crippen molar-refractivity contribution >= 4 is 40.9 Å². The van der Waals surface area contributed by atoms with E-state index in [-0.39, 0.29) is 11.8 Å². The zero-order valence-electron chi connectivity index (χ0n) is 8.75. The van der Waals surface area contributed by atoms with Gasteiger partial charge in [-0.3, -0.25) is 4.79 Å². The Labute approximate surface area is 105 Å². The lowest BCUT2D eigenvalue weighted by Crippen LogP contribution is -2.12. The second-order valence-electron chi connectivity index (χ2n) is 3.18. The number of rotatable bonds is 5. The molecule has 0 aliphatic rings. The van der Waals surface area contributed by atoms with E-state index in [1.54, 1.807) is 0 Å². The molecule has 0 heterocycles. The van der Waals surface area contributed by atoms with Crippen molar-refractivity contribution < 1.29 is 4.79 Å². The lowest BCUT2D eigenvalue weighted by molar-refractivity contribution is -0.113. The number of amides is 1. The molecule has 1 amide bonds. The molecular weight excluding hydrogens is 245 g/mol. The largest absolute Gasteiger partial charge is 0.325 e. The summed E-state index contributed by atoms with van der Waals surface area (Å²) in [4.78, 5) is 11.0. The van der Waals surface area contributed by atoms with Crippen LogP contribution < -0.4 is 5.32 Å². The summed E-state index contributed by atoms with van der Waals surface area (Å²) in [5.41, 5.74) is 1.83. The zero-order valence-corrected chi connectivity index (χ0v) is 10.3. The van der Waals surface area contributed by atoms with Crippen LogP contribution >= 0.6 is 23.2 Å². The van der Waals surface area contributed by atoms with Crippen LogP contribution in [0.1, 0.15) is 12.0 Å². The molecule has 0 saturated carbocycles. The van der Waals surface area contributed by atoms with Gasteiger partial charge in [-0.2, -0.15) is 0 Å². The summed E-state index contributed by atoms with van der Waals surface area (Å²) in [6, 6.07) is 7.53. The van der Waals surface area contributed by atoms with Gasteiger partial charge in [0.05, 0.1) is 0 Å². The smallest absolute Gasteiger partial charge is 0.239 e. The molecule has 0 saturated heterocycles. The molecular formula is C12H13Cl2NO. The first-order valence-corrected chi connectivity index (χ1v) is 6.01. The van der Waals surface area contributed by atoms with Gasteiger partial charge in [0.1, 0.15) is 5.88 Å². The van der Waals surface area contributed by atoms with Crippen molar-refractivity contribution in [3.8, 4) is 0 Å². The van der Waals surface area contributed by atoms with E-state index in [0.29, 0.717) is 5.88 Å². The fraction of sp³-hybridized carbons (Fsp3) is 0.250. The first kappa shape index (κ1) is 13.1. The van der Waals surface area contributed by atoms with Gasteiger partial charge in [0.15, 0.2) is 0 Å². The third kappa shape index (κ3) is 4.69. The maximum absolute atomic E-state index is 11.0. The first-order chi connectivity index (χ1) is 7.76. The Balaban J connectivity index is 2.57. The van der Waals surface area contributed by atoms with Crippen molar-refractivity contribution in [3.63, 3.8) is 0 Å². The highest BCUT2D eigenvalue weighted by Crippen LogP contribution is 2.11. The summed E-state index contributed by atoms with van der Waals surface area (Å²) in [6.07, 6.45) is 4.86. The van der Waals surface area contributed by atoms with Crippen LogP contribution in [0.2, 0.25) is 0 Å². The van der Waals surface area contributed by atoms with E-state index in [4.69, 9.17) is 23.2 Å². The summed E-state index contributed by atoms with van der Waals surface area (Å²) in [6.45, 7) is 0. The normalized spacial score (nSPS) is 10.6. The topological polar surface area (TPSA) is 29.1 Å². The van der Waals surface area contributed by atoms with Crippen LogP contribution in [0.15, 0.2) is 30.3 Å². The van der Waals surface area contributed by atoms with Crippen LogP contribution in [0.3, 0.4) is 0 Å². The van der Waals surface area contributed by atoms with E-state index >= 15 is 0 Å². The summed E-state index contributed by atoms with van der Waals surface area (Å²) in [5.74, 6) is 0.393. The second kappa shape index (κ2) is 7.31. The Bertz CT molecular complexity index is 360. The number of carbonyl (C=O) groups excluding carboxylic acids is 1. The maximum atomic E-state index is 11.0. The van der Waals surface area contributed by atoms with Gasteiger partial charge in [0, 0.05) is 11.6 Å². The first-order valence-electron chi connectivity index (χ1n) is 4.94. The van der Waals surface area contributed by atoms with E-state index in [2.05, 4.69) is 5.32 Å². The molecule has 0 fully saturated rings. The summed E-state index contributed by atoms with van der Waals surface area (Å²) < 4.78 is 0. The van der Waals surface area contributed by atoms with Crippen LogP contribution in [-0.4, -0.2) is 17.7 Å². The fourth-order valence-corrected chi connectivity index (χ4v) is 1.35. The fourth-order valence-electron chi connectivity index (χ4n) is 1.15. The van der Waals surface area contributed by atoms with E-state index in [0.717, 1.165) is 17.7 Å². The van der Waals surface area contributed by atoms with Gasteiger partial charge >= 0.3 is 0 Å². The predicted molar refractivity (Wildman–Crippen MR) is 70.2 cm³/mol. The summed E-state index contributed by atoms with van der Waals surface area (Å²) in [7, 11) is 0. The molecule has 1 N–H and O–H groups in total. The minimum atomic E-state index is -0.202. The van der Waals surface area contributed by atoms with Gasteiger partial charge in [0.2, 0.25) is 5.91 Å². The van der Waals surface area contributed by atoms with Crippen molar-refractivity contribution in [3.05, 3.63) is 35.9 Å². The van der Waals surface area contributed by atoms with Gasteiger partial charge in [-0.15, -0.1) is 23.2 Å². The Morgan fingerprint density at radius 2 is 1.94 bits per heavy atom. The van der Waals surface area contributed by atoms with Crippen LogP contribution in [0, 0.1) is 0 Å². The highest BCUT2D eigenvalue weighted by Gasteiger charge is 1.98. The van der Waals surface area contributed by atoms with Gasteiger partial charge < -0.3 is 5.32 Å². The zero-order chi connectivity index (χ0) is 11.8. The molecule has 4 heteroatoms. The van der Waals surface area contributed by atoms with E-state index in [1.807, 2.05) is 36.4 Å². The van der Waals surface area contributed by atoms with Crippen LogP contribution in [0.25, 0.3) is 6.08 Å². The number of alkyl halides is 2. The molecule has 0 aromatic heterocycles. The molecule has 0 bridgehead atoms. The summed E-state index contributed by atoms with van der Waals surface area (Å²) >= 11 is 10.9. The van der Waals surface area contributed by atoms with Gasteiger partial charge in [-0.1, -0.05) is 24.3 Å². The minimum absolute atomic E-state index is 0.0304. The second-order valence-corrected chi connectivity index (χ2v) is 3.83.